The van der Waals surface area contributed by atoms with E-state index in [0.717, 1.165) is 12.1 Å². The Balaban J connectivity index is 1.53. The molecule has 33 heavy (non-hydrogen) atoms. The number of nitrogens with zero attached hydrogens (tertiary/aromatic N) is 1. The third kappa shape index (κ3) is 4.69. The molecule has 0 saturated carbocycles. The molecule has 170 valence electrons. The van der Waals surface area contributed by atoms with Gasteiger partial charge >= 0.3 is 0 Å². The number of fused-ring (bicyclic) bond motifs is 1. The van der Waals surface area contributed by atoms with Gasteiger partial charge in [-0.1, -0.05) is 19.1 Å². The zero-order valence-corrected chi connectivity index (χ0v) is 18.9. The minimum atomic E-state index is -0.327. The lowest BCUT2D eigenvalue weighted by atomic mass is 10.1. The first-order valence-corrected chi connectivity index (χ1v) is 10.4. The van der Waals surface area contributed by atoms with Gasteiger partial charge in [-0.15, -0.1) is 0 Å². The van der Waals surface area contributed by atoms with Crippen molar-refractivity contribution >= 4 is 34.4 Å². The number of hydrogen-bond donors (Lipinski definition) is 2. The monoisotopic (exact) mass is 447 g/mol. The van der Waals surface area contributed by atoms with Gasteiger partial charge in [0.05, 0.1) is 21.3 Å². The van der Waals surface area contributed by atoms with Gasteiger partial charge in [0.1, 0.15) is 5.52 Å². The zero-order chi connectivity index (χ0) is 23.4. The van der Waals surface area contributed by atoms with Crippen LogP contribution in [0.15, 0.2) is 59.0 Å². The fourth-order valence-corrected chi connectivity index (χ4v) is 3.42. The predicted molar refractivity (Wildman–Crippen MR) is 127 cm³/mol. The third-order valence-corrected chi connectivity index (χ3v) is 5.19. The van der Waals surface area contributed by atoms with Gasteiger partial charge in [-0.3, -0.25) is 4.79 Å². The van der Waals surface area contributed by atoms with Crippen LogP contribution in [0.3, 0.4) is 0 Å². The van der Waals surface area contributed by atoms with E-state index in [1.54, 1.807) is 30.3 Å². The summed E-state index contributed by atoms with van der Waals surface area (Å²) in [4.78, 5) is 17.3. The van der Waals surface area contributed by atoms with Crippen LogP contribution in [-0.4, -0.2) is 32.2 Å². The Labute approximate surface area is 191 Å². The number of carbonyl (C=O) groups is 1. The van der Waals surface area contributed by atoms with Crippen LogP contribution in [0, 0.1) is 0 Å². The number of oxazole rings is 1. The molecule has 0 aliphatic heterocycles. The molecule has 3 aromatic carbocycles. The van der Waals surface area contributed by atoms with E-state index in [2.05, 4.69) is 34.7 Å². The summed E-state index contributed by atoms with van der Waals surface area (Å²) < 4.78 is 21.7. The van der Waals surface area contributed by atoms with Crippen LogP contribution in [0.1, 0.15) is 22.8 Å². The summed E-state index contributed by atoms with van der Waals surface area (Å²) in [7, 11) is 4.51. The van der Waals surface area contributed by atoms with E-state index in [-0.39, 0.29) is 5.91 Å². The largest absolute Gasteiger partial charge is 0.493 e. The molecule has 8 nitrogen and oxygen atoms in total. The predicted octanol–water partition coefficient (Wildman–Crippen LogP) is 5.41. The highest BCUT2D eigenvalue weighted by Gasteiger charge is 2.17. The summed E-state index contributed by atoms with van der Waals surface area (Å²) in [5.74, 6) is 0.893. The topological polar surface area (TPSA) is 94.9 Å². The summed E-state index contributed by atoms with van der Waals surface area (Å²) in [6.45, 7) is 2.11. The SMILES string of the molecule is CCc1ccc(Nc2nc3cc(NC(=O)c4cc(OC)c(OC)c(OC)c4)ccc3o2)cc1. The molecule has 0 bridgehead atoms. The lowest BCUT2D eigenvalue weighted by Crippen LogP contribution is -2.12. The van der Waals surface area contributed by atoms with Crippen molar-refractivity contribution in [3.05, 3.63) is 65.7 Å². The number of anilines is 3. The molecule has 1 aromatic heterocycles. The van der Waals surface area contributed by atoms with E-state index in [4.69, 9.17) is 18.6 Å². The Morgan fingerprint density at radius 1 is 0.909 bits per heavy atom. The first-order valence-electron chi connectivity index (χ1n) is 10.4. The molecule has 0 atom stereocenters. The second-order valence-electron chi connectivity index (χ2n) is 7.25. The minimum Gasteiger partial charge on any atom is -0.493 e. The van der Waals surface area contributed by atoms with E-state index in [1.165, 1.54) is 26.9 Å². The molecule has 4 rings (SSSR count). The molecule has 1 heterocycles. The van der Waals surface area contributed by atoms with Crippen molar-refractivity contribution in [2.75, 3.05) is 32.0 Å². The number of hydrogen-bond acceptors (Lipinski definition) is 7. The van der Waals surface area contributed by atoms with E-state index < -0.39 is 0 Å². The number of aromatic nitrogens is 1. The summed E-state index contributed by atoms with van der Waals surface area (Å²) in [5, 5.41) is 6.03. The summed E-state index contributed by atoms with van der Waals surface area (Å²) >= 11 is 0. The van der Waals surface area contributed by atoms with Gasteiger partial charge in [-0.25, -0.2) is 0 Å². The van der Waals surface area contributed by atoms with Gasteiger partial charge in [0.25, 0.3) is 11.9 Å². The number of rotatable bonds is 8. The molecule has 0 aliphatic rings. The Bertz CT molecular complexity index is 1260. The van der Waals surface area contributed by atoms with Gasteiger partial charge in [-0.05, 0) is 54.4 Å². The third-order valence-electron chi connectivity index (χ3n) is 5.19. The average molecular weight is 447 g/mol. The number of benzene rings is 3. The van der Waals surface area contributed by atoms with Crippen LogP contribution in [0.2, 0.25) is 0 Å². The summed E-state index contributed by atoms with van der Waals surface area (Å²) in [6, 6.07) is 16.9. The van der Waals surface area contributed by atoms with Crippen molar-refractivity contribution in [1.82, 2.24) is 4.98 Å². The van der Waals surface area contributed by atoms with Gasteiger partial charge in [0.2, 0.25) is 5.75 Å². The number of methoxy groups -OCH3 is 3. The Morgan fingerprint density at radius 3 is 2.18 bits per heavy atom. The van der Waals surface area contributed by atoms with Crippen LogP contribution >= 0.6 is 0 Å². The Kier molecular flexibility index (Phi) is 6.35. The van der Waals surface area contributed by atoms with Crippen molar-refractivity contribution in [1.29, 1.82) is 0 Å². The van der Waals surface area contributed by atoms with Crippen LogP contribution < -0.4 is 24.8 Å². The first-order chi connectivity index (χ1) is 16.0. The van der Waals surface area contributed by atoms with Crippen molar-refractivity contribution < 1.29 is 23.4 Å². The molecular formula is C25H25N3O5. The lowest BCUT2D eigenvalue weighted by molar-refractivity contribution is 0.102. The molecule has 0 radical (unpaired) electrons. The molecule has 0 unspecified atom stereocenters. The maximum atomic E-state index is 12.9. The van der Waals surface area contributed by atoms with Crippen LogP contribution in [0.25, 0.3) is 11.1 Å². The average Bonchev–Trinajstić information content (AvgIpc) is 3.24. The molecule has 1 amide bonds. The van der Waals surface area contributed by atoms with Gasteiger partial charge in [0, 0.05) is 16.9 Å². The first kappa shape index (κ1) is 22.0. The molecule has 0 spiro atoms. The molecular weight excluding hydrogens is 422 g/mol. The number of aryl methyl sites for hydroxylation is 1. The van der Waals surface area contributed by atoms with Crippen LogP contribution in [0.5, 0.6) is 17.2 Å². The number of ether oxygens (including phenoxy) is 3. The molecule has 0 fully saturated rings. The highest BCUT2D eigenvalue weighted by Crippen LogP contribution is 2.38. The fourth-order valence-electron chi connectivity index (χ4n) is 3.42. The zero-order valence-electron chi connectivity index (χ0n) is 18.9. The maximum Gasteiger partial charge on any atom is 0.300 e. The van der Waals surface area contributed by atoms with E-state index in [9.17, 15) is 4.79 Å². The molecule has 4 aromatic rings. The normalized spacial score (nSPS) is 10.7. The van der Waals surface area contributed by atoms with Crippen LogP contribution in [0.4, 0.5) is 17.4 Å². The van der Waals surface area contributed by atoms with Crippen LogP contribution in [-0.2, 0) is 6.42 Å². The smallest absolute Gasteiger partial charge is 0.300 e. The van der Waals surface area contributed by atoms with Crippen molar-refractivity contribution in [3.63, 3.8) is 0 Å². The maximum absolute atomic E-state index is 12.9. The van der Waals surface area contributed by atoms with Crippen molar-refractivity contribution in [3.8, 4) is 17.2 Å². The number of carbonyl (C=O) groups excluding carboxylic acids is 1. The summed E-state index contributed by atoms with van der Waals surface area (Å²) in [5.41, 5.74) is 4.30. The van der Waals surface area contributed by atoms with E-state index in [0.29, 0.717) is 45.6 Å². The Morgan fingerprint density at radius 2 is 1.58 bits per heavy atom. The highest BCUT2D eigenvalue weighted by molar-refractivity contribution is 6.05. The number of amides is 1. The second kappa shape index (κ2) is 9.52. The molecule has 8 heteroatoms. The van der Waals surface area contributed by atoms with Crippen molar-refractivity contribution in [2.45, 2.75) is 13.3 Å². The number of nitrogens with one attached hydrogen (secondary N) is 2. The van der Waals surface area contributed by atoms with E-state index in [1.807, 2.05) is 12.1 Å². The van der Waals surface area contributed by atoms with Gasteiger partial charge in [-0.2, -0.15) is 4.98 Å². The van der Waals surface area contributed by atoms with Gasteiger partial charge in [0.15, 0.2) is 17.1 Å². The standard InChI is InChI=1S/C25H25N3O5/c1-5-15-6-8-17(9-7-15)27-25-28-19-14-18(10-11-20(19)33-25)26-24(29)16-12-21(30-2)23(32-4)22(13-16)31-3/h6-14H,5H2,1-4H3,(H,26,29)(H,27,28). The highest BCUT2D eigenvalue weighted by atomic mass is 16.5. The van der Waals surface area contributed by atoms with Gasteiger partial charge < -0.3 is 29.3 Å². The van der Waals surface area contributed by atoms with Crippen molar-refractivity contribution in [2.24, 2.45) is 0 Å². The molecule has 0 saturated heterocycles. The lowest BCUT2D eigenvalue weighted by Gasteiger charge is -2.14. The minimum absolute atomic E-state index is 0.327. The second-order valence-corrected chi connectivity index (χ2v) is 7.25. The molecule has 2 N–H and O–H groups in total. The van der Waals surface area contributed by atoms with E-state index >= 15 is 0 Å². The summed E-state index contributed by atoms with van der Waals surface area (Å²) in [6.07, 6.45) is 0.980. The quantitative estimate of drug-likeness (QED) is 0.373. The fraction of sp³-hybridized carbons (Fsp3) is 0.200. The molecule has 0 aliphatic carbocycles. The Hall–Kier alpha value is -4.20.